The summed E-state index contributed by atoms with van der Waals surface area (Å²) < 4.78 is 6.92. The fraction of sp³-hybridized carbons (Fsp3) is 0.500. The van der Waals surface area contributed by atoms with Crippen LogP contribution in [0.2, 0.25) is 0 Å². The van der Waals surface area contributed by atoms with Crippen molar-refractivity contribution in [3.8, 4) is 0 Å². The fourth-order valence-electron chi connectivity index (χ4n) is 1.21. The van der Waals surface area contributed by atoms with Crippen molar-refractivity contribution in [2.75, 3.05) is 14.1 Å². The number of furan rings is 1. The van der Waals surface area contributed by atoms with Gasteiger partial charge in [0.1, 0.15) is 5.76 Å². The number of likely N-dealkylation sites (N-methyl/N-ethyl adjacent to an activating group) is 1. The Morgan fingerprint density at radius 3 is 2.62 bits per heavy atom. The van der Waals surface area contributed by atoms with Crippen LogP contribution in [-0.4, -0.2) is 30.9 Å². The monoisotopic (exact) mass is 352 g/mol. The van der Waals surface area contributed by atoms with Gasteiger partial charge in [0, 0.05) is 14.1 Å². The molecule has 0 radical (unpaired) electrons. The quantitative estimate of drug-likeness (QED) is 0.903. The molecule has 0 aliphatic heterocycles. The Kier molecular flexibility index (Phi) is 5.01. The van der Waals surface area contributed by atoms with E-state index in [1.165, 1.54) is 0 Å². The van der Waals surface area contributed by atoms with Crippen LogP contribution in [0.3, 0.4) is 0 Å². The predicted molar refractivity (Wildman–Crippen MR) is 69.1 cm³/mol. The summed E-state index contributed by atoms with van der Waals surface area (Å²) in [6.07, 6.45) is 0. The number of halogens is 2. The summed E-state index contributed by atoms with van der Waals surface area (Å²) in [5, 5.41) is 3.09. The highest BCUT2D eigenvalue weighted by Crippen LogP contribution is 2.26. The minimum Gasteiger partial charge on any atom is -0.452 e. The Balaban J connectivity index is 2.48. The van der Waals surface area contributed by atoms with E-state index in [-0.39, 0.29) is 11.9 Å². The van der Waals surface area contributed by atoms with Gasteiger partial charge in [0.05, 0.1) is 17.1 Å². The van der Waals surface area contributed by atoms with E-state index in [4.69, 9.17) is 4.42 Å². The molecule has 1 aromatic heterocycles. The lowest BCUT2D eigenvalue weighted by molar-refractivity contribution is -0.130. The zero-order chi connectivity index (χ0) is 12.3. The van der Waals surface area contributed by atoms with Gasteiger partial charge in [0.25, 0.3) is 0 Å². The molecule has 0 saturated carbocycles. The maximum atomic E-state index is 11.6. The lowest BCUT2D eigenvalue weighted by Crippen LogP contribution is -2.41. The van der Waals surface area contributed by atoms with Gasteiger partial charge in [-0.1, -0.05) is 0 Å². The largest absolute Gasteiger partial charge is 0.452 e. The molecule has 1 N–H and O–H groups in total. The van der Waals surface area contributed by atoms with E-state index in [9.17, 15) is 4.79 Å². The molecule has 1 rings (SSSR count). The van der Waals surface area contributed by atoms with Crippen molar-refractivity contribution >= 4 is 37.8 Å². The first-order valence-electron chi connectivity index (χ1n) is 4.80. The lowest BCUT2D eigenvalue weighted by atomic mass is 10.3. The van der Waals surface area contributed by atoms with Gasteiger partial charge in [-0.25, -0.2) is 0 Å². The van der Waals surface area contributed by atoms with Crippen LogP contribution in [0.15, 0.2) is 19.6 Å². The third kappa shape index (κ3) is 3.61. The molecular formula is C10H14Br2N2O2. The van der Waals surface area contributed by atoms with Gasteiger partial charge in [-0.05, 0) is 44.8 Å². The highest BCUT2D eigenvalue weighted by Gasteiger charge is 2.15. The first kappa shape index (κ1) is 13.7. The van der Waals surface area contributed by atoms with Crippen molar-refractivity contribution in [3.05, 3.63) is 21.0 Å². The third-order valence-electron chi connectivity index (χ3n) is 2.09. The van der Waals surface area contributed by atoms with Crippen LogP contribution < -0.4 is 5.32 Å². The number of carbonyl (C=O) groups is 1. The number of nitrogens with one attached hydrogen (secondary N) is 1. The summed E-state index contributed by atoms with van der Waals surface area (Å²) in [7, 11) is 3.47. The van der Waals surface area contributed by atoms with Gasteiger partial charge in [-0.15, -0.1) is 0 Å². The van der Waals surface area contributed by atoms with Crippen molar-refractivity contribution in [3.63, 3.8) is 0 Å². The Hall–Kier alpha value is -0.330. The number of rotatable bonds is 4. The van der Waals surface area contributed by atoms with Crippen molar-refractivity contribution < 1.29 is 9.21 Å². The maximum absolute atomic E-state index is 11.6. The highest BCUT2D eigenvalue weighted by molar-refractivity contribution is 9.13. The Bertz CT molecular complexity index is 357. The summed E-state index contributed by atoms with van der Waals surface area (Å²) >= 11 is 6.59. The molecule has 1 amide bonds. The highest BCUT2D eigenvalue weighted by atomic mass is 79.9. The molecule has 1 aromatic rings. The molecule has 1 unspecified atom stereocenters. The van der Waals surface area contributed by atoms with Crippen LogP contribution in [-0.2, 0) is 11.3 Å². The van der Waals surface area contributed by atoms with E-state index in [1.807, 2.05) is 13.0 Å². The number of nitrogens with zero attached hydrogens (tertiary/aromatic N) is 1. The Labute approximate surface area is 112 Å². The summed E-state index contributed by atoms with van der Waals surface area (Å²) in [5.74, 6) is 0.821. The lowest BCUT2D eigenvalue weighted by Gasteiger charge is -2.17. The number of carbonyl (C=O) groups excluding carboxylic acids is 1. The summed E-state index contributed by atoms with van der Waals surface area (Å²) in [4.78, 5) is 13.1. The van der Waals surface area contributed by atoms with Crippen LogP contribution in [0.25, 0.3) is 0 Å². The maximum Gasteiger partial charge on any atom is 0.238 e. The molecule has 0 aliphatic carbocycles. The third-order valence-corrected chi connectivity index (χ3v) is 3.80. The smallest absolute Gasteiger partial charge is 0.238 e. The Morgan fingerprint density at radius 1 is 1.56 bits per heavy atom. The summed E-state index contributed by atoms with van der Waals surface area (Å²) in [6, 6.07) is 1.64. The van der Waals surface area contributed by atoms with Crippen molar-refractivity contribution in [1.29, 1.82) is 0 Å². The molecule has 0 fully saturated rings. The van der Waals surface area contributed by atoms with E-state index >= 15 is 0 Å². The molecule has 1 heterocycles. The first-order valence-corrected chi connectivity index (χ1v) is 6.38. The van der Waals surface area contributed by atoms with Gasteiger partial charge in [0.2, 0.25) is 5.91 Å². The zero-order valence-electron chi connectivity index (χ0n) is 9.38. The van der Waals surface area contributed by atoms with Gasteiger partial charge in [0.15, 0.2) is 4.67 Å². The topological polar surface area (TPSA) is 45.5 Å². The second-order valence-corrected chi connectivity index (χ2v) is 5.24. The number of amides is 1. The van der Waals surface area contributed by atoms with Crippen molar-refractivity contribution in [2.45, 2.75) is 19.5 Å². The van der Waals surface area contributed by atoms with Crippen LogP contribution in [0.1, 0.15) is 12.7 Å². The molecule has 0 spiro atoms. The summed E-state index contributed by atoms with van der Waals surface area (Å²) in [6.45, 7) is 2.35. The molecule has 1 atom stereocenters. The molecule has 0 bridgehead atoms. The second kappa shape index (κ2) is 5.84. The van der Waals surface area contributed by atoms with Crippen LogP contribution >= 0.6 is 31.9 Å². The molecule has 0 aromatic carbocycles. The average Bonchev–Trinajstić information content (AvgIpc) is 2.53. The van der Waals surface area contributed by atoms with Crippen molar-refractivity contribution in [1.82, 2.24) is 10.2 Å². The number of hydrogen-bond acceptors (Lipinski definition) is 3. The standard InChI is InChI=1S/C10H14Br2N2O2/c1-6(10(15)14(2)3)13-5-7-4-8(11)9(12)16-7/h4,6,13H,5H2,1-3H3. The van der Waals surface area contributed by atoms with Gasteiger partial charge in [-0.3, -0.25) is 10.1 Å². The number of hydrogen-bond donors (Lipinski definition) is 1. The average molecular weight is 354 g/mol. The van der Waals surface area contributed by atoms with Gasteiger partial charge in [-0.2, -0.15) is 0 Å². The van der Waals surface area contributed by atoms with Crippen LogP contribution in [0.5, 0.6) is 0 Å². The molecular weight excluding hydrogens is 340 g/mol. The molecule has 0 saturated heterocycles. The fourth-order valence-corrected chi connectivity index (χ4v) is 1.87. The van der Waals surface area contributed by atoms with E-state index in [1.54, 1.807) is 19.0 Å². The molecule has 16 heavy (non-hydrogen) atoms. The Morgan fingerprint density at radius 2 is 2.19 bits per heavy atom. The predicted octanol–water partition coefficient (Wildman–Crippen LogP) is 2.37. The van der Waals surface area contributed by atoms with Crippen molar-refractivity contribution in [2.24, 2.45) is 0 Å². The second-order valence-electron chi connectivity index (χ2n) is 3.67. The first-order chi connectivity index (χ1) is 7.41. The molecule has 90 valence electrons. The molecule has 0 aliphatic rings. The van der Waals surface area contributed by atoms with E-state index in [2.05, 4.69) is 37.2 Å². The minimum atomic E-state index is -0.224. The SMILES string of the molecule is CC(NCc1cc(Br)c(Br)o1)C(=O)N(C)C. The zero-order valence-corrected chi connectivity index (χ0v) is 12.6. The van der Waals surface area contributed by atoms with E-state index in [0.29, 0.717) is 11.2 Å². The van der Waals surface area contributed by atoms with Crippen LogP contribution in [0.4, 0.5) is 0 Å². The van der Waals surface area contributed by atoms with E-state index in [0.717, 1.165) is 10.2 Å². The molecule has 6 heteroatoms. The van der Waals surface area contributed by atoms with Crippen LogP contribution in [0, 0.1) is 0 Å². The van der Waals surface area contributed by atoms with Gasteiger partial charge >= 0.3 is 0 Å². The minimum absolute atomic E-state index is 0.0460. The normalized spacial score (nSPS) is 12.6. The molecule has 4 nitrogen and oxygen atoms in total. The summed E-state index contributed by atoms with van der Waals surface area (Å²) in [5.41, 5.74) is 0. The van der Waals surface area contributed by atoms with Gasteiger partial charge < -0.3 is 9.32 Å². The van der Waals surface area contributed by atoms with E-state index < -0.39 is 0 Å².